The Morgan fingerprint density at radius 1 is 1.24 bits per heavy atom. The third-order valence-electron chi connectivity index (χ3n) is 5.55. The van der Waals surface area contributed by atoms with Crippen LogP contribution in [0.15, 0.2) is 29.8 Å². The normalized spacial score (nSPS) is 16.3. The SMILES string of the molecule is CC/C(=C\CCc1ccc2c(c1)OCO2)CCCC(O)(CC)C(C)C. The van der Waals surface area contributed by atoms with Crippen LogP contribution >= 0.6 is 0 Å². The second-order valence-corrected chi connectivity index (χ2v) is 7.41. The molecular weight excluding hydrogens is 312 g/mol. The van der Waals surface area contributed by atoms with Crippen LogP contribution in [0.25, 0.3) is 0 Å². The Labute approximate surface area is 153 Å². The zero-order chi connectivity index (χ0) is 18.3. The molecule has 3 nitrogen and oxygen atoms in total. The second kappa shape index (κ2) is 9.28. The second-order valence-electron chi connectivity index (χ2n) is 7.41. The number of hydrogen-bond acceptors (Lipinski definition) is 3. The summed E-state index contributed by atoms with van der Waals surface area (Å²) in [6, 6.07) is 6.21. The van der Waals surface area contributed by atoms with Gasteiger partial charge in [-0.1, -0.05) is 45.4 Å². The molecule has 1 unspecified atom stereocenters. The van der Waals surface area contributed by atoms with Gasteiger partial charge in [0.1, 0.15) is 0 Å². The Bertz CT molecular complexity index is 577. The fourth-order valence-corrected chi connectivity index (χ4v) is 3.46. The molecule has 0 aliphatic carbocycles. The first-order valence-electron chi connectivity index (χ1n) is 9.77. The molecule has 3 heteroatoms. The lowest BCUT2D eigenvalue weighted by atomic mass is 9.82. The molecule has 0 saturated carbocycles. The molecule has 0 fully saturated rings. The van der Waals surface area contributed by atoms with Crippen LogP contribution in [-0.2, 0) is 6.42 Å². The van der Waals surface area contributed by atoms with Gasteiger partial charge in [0, 0.05) is 0 Å². The maximum Gasteiger partial charge on any atom is 0.231 e. The predicted molar refractivity (Wildman–Crippen MR) is 103 cm³/mol. The number of aryl methyl sites for hydroxylation is 1. The fraction of sp³-hybridized carbons (Fsp3) is 0.636. The molecule has 140 valence electrons. The van der Waals surface area contributed by atoms with Crippen LogP contribution in [0, 0.1) is 5.92 Å². The van der Waals surface area contributed by atoms with Crippen molar-refractivity contribution in [3.8, 4) is 11.5 Å². The van der Waals surface area contributed by atoms with Crippen molar-refractivity contribution in [2.24, 2.45) is 5.92 Å². The van der Waals surface area contributed by atoms with Gasteiger partial charge in [-0.3, -0.25) is 0 Å². The van der Waals surface area contributed by atoms with Gasteiger partial charge in [0.15, 0.2) is 11.5 Å². The van der Waals surface area contributed by atoms with E-state index in [4.69, 9.17) is 9.47 Å². The minimum Gasteiger partial charge on any atom is -0.454 e. The predicted octanol–water partition coefficient (Wildman–Crippen LogP) is 5.65. The number of fused-ring (bicyclic) bond motifs is 1. The van der Waals surface area contributed by atoms with Gasteiger partial charge in [-0.15, -0.1) is 0 Å². The molecular formula is C22H34O3. The topological polar surface area (TPSA) is 38.7 Å². The molecule has 1 aliphatic heterocycles. The van der Waals surface area contributed by atoms with Gasteiger partial charge in [-0.05, 0) is 68.6 Å². The van der Waals surface area contributed by atoms with Gasteiger partial charge < -0.3 is 14.6 Å². The van der Waals surface area contributed by atoms with E-state index in [0.717, 1.165) is 56.4 Å². The molecule has 0 bridgehead atoms. The zero-order valence-corrected chi connectivity index (χ0v) is 16.3. The van der Waals surface area contributed by atoms with E-state index in [0.29, 0.717) is 12.7 Å². The van der Waals surface area contributed by atoms with E-state index in [1.165, 1.54) is 11.1 Å². The van der Waals surface area contributed by atoms with Crippen LogP contribution < -0.4 is 9.47 Å². The van der Waals surface area contributed by atoms with Crippen molar-refractivity contribution < 1.29 is 14.6 Å². The number of allylic oxidation sites excluding steroid dienone is 2. The van der Waals surface area contributed by atoms with Crippen LogP contribution in [0.4, 0.5) is 0 Å². The first-order valence-corrected chi connectivity index (χ1v) is 9.77. The molecule has 0 saturated heterocycles. The van der Waals surface area contributed by atoms with Gasteiger partial charge in [-0.2, -0.15) is 0 Å². The van der Waals surface area contributed by atoms with Crippen molar-refractivity contribution in [1.82, 2.24) is 0 Å². The standard InChI is InChI=1S/C22H34O3/c1-5-18(11-8-14-22(23,6-2)17(3)4)9-7-10-19-12-13-20-21(15-19)25-16-24-20/h9,12-13,15,17,23H,5-8,10-11,14,16H2,1-4H3/b18-9+. The summed E-state index contributed by atoms with van der Waals surface area (Å²) in [4.78, 5) is 0. The van der Waals surface area contributed by atoms with Gasteiger partial charge in [0.2, 0.25) is 6.79 Å². The number of ether oxygens (including phenoxy) is 2. The van der Waals surface area contributed by atoms with E-state index >= 15 is 0 Å². The third kappa shape index (κ3) is 5.50. The smallest absolute Gasteiger partial charge is 0.231 e. The summed E-state index contributed by atoms with van der Waals surface area (Å²) in [6.07, 6.45) is 9.41. The van der Waals surface area contributed by atoms with Crippen molar-refractivity contribution in [3.63, 3.8) is 0 Å². The highest BCUT2D eigenvalue weighted by atomic mass is 16.7. The number of hydrogen-bond donors (Lipinski definition) is 1. The number of rotatable bonds is 10. The molecule has 1 atom stereocenters. The van der Waals surface area contributed by atoms with Crippen LogP contribution in [-0.4, -0.2) is 17.5 Å². The van der Waals surface area contributed by atoms with Gasteiger partial charge in [0.25, 0.3) is 0 Å². The minimum atomic E-state index is -0.509. The molecule has 1 N–H and O–H groups in total. The van der Waals surface area contributed by atoms with E-state index in [1.54, 1.807) is 0 Å². The quantitative estimate of drug-likeness (QED) is 0.556. The average Bonchev–Trinajstić information content (AvgIpc) is 3.07. The molecule has 25 heavy (non-hydrogen) atoms. The van der Waals surface area contributed by atoms with E-state index < -0.39 is 5.60 Å². The maximum atomic E-state index is 10.6. The van der Waals surface area contributed by atoms with Crippen LogP contribution in [0.2, 0.25) is 0 Å². The molecule has 2 rings (SSSR count). The number of benzene rings is 1. The van der Waals surface area contributed by atoms with Crippen LogP contribution in [0.1, 0.15) is 71.8 Å². The van der Waals surface area contributed by atoms with Crippen molar-refractivity contribution in [2.75, 3.05) is 6.79 Å². The van der Waals surface area contributed by atoms with Gasteiger partial charge in [-0.25, -0.2) is 0 Å². The zero-order valence-electron chi connectivity index (χ0n) is 16.3. The fourth-order valence-electron chi connectivity index (χ4n) is 3.46. The van der Waals surface area contributed by atoms with E-state index in [-0.39, 0.29) is 0 Å². The van der Waals surface area contributed by atoms with Crippen molar-refractivity contribution >= 4 is 0 Å². The summed E-state index contributed by atoms with van der Waals surface area (Å²) in [5, 5.41) is 10.6. The Kier molecular flexibility index (Phi) is 7.37. The van der Waals surface area contributed by atoms with Gasteiger partial charge in [0.05, 0.1) is 5.60 Å². The summed E-state index contributed by atoms with van der Waals surface area (Å²) in [5.41, 5.74) is 2.28. The first-order chi connectivity index (χ1) is 12.0. The highest BCUT2D eigenvalue weighted by Crippen LogP contribution is 2.33. The summed E-state index contributed by atoms with van der Waals surface area (Å²) in [7, 11) is 0. The molecule has 0 spiro atoms. The molecule has 0 amide bonds. The Hall–Kier alpha value is -1.48. The highest BCUT2D eigenvalue weighted by molar-refractivity contribution is 5.44. The lowest BCUT2D eigenvalue weighted by Crippen LogP contribution is -2.34. The molecule has 1 aromatic carbocycles. The van der Waals surface area contributed by atoms with Gasteiger partial charge >= 0.3 is 0 Å². The molecule has 0 aromatic heterocycles. The first kappa shape index (κ1) is 19.8. The monoisotopic (exact) mass is 346 g/mol. The van der Waals surface area contributed by atoms with Crippen molar-refractivity contribution in [2.45, 2.75) is 78.2 Å². The maximum absolute atomic E-state index is 10.6. The van der Waals surface area contributed by atoms with Crippen LogP contribution in [0.5, 0.6) is 11.5 Å². The van der Waals surface area contributed by atoms with E-state index in [1.807, 2.05) is 6.07 Å². The highest BCUT2D eigenvalue weighted by Gasteiger charge is 2.27. The Balaban J connectivity index is 1.80. The summed E-state index contributed by atoms with van der Waals surface area (Å²) < 4.78 is 10.8. The molecule has 1 aliphatic rings. The third-order valence-corrected chi connectivity index (χ3v) is 5.55. The summed E-state index contributed by atoms with van der Waals surface area (Å²) >= 11 is 0. The summed E-state index contributed by atoms with van der Waals surface area (Å²) in [5.74, 6) is 2.03. The van der Waals surface area contributed by atoms with E-state index in [9.17, 15) is 5.11 Å². The Morgan fingerprint density at radius 2 is 2.00 bits per heavy atom. The molecule has 0 radical (unpaired) electrons. The minimum absolute atomic E-state index is 0.317. The van der Waals surface area contributed by atoms with E-state index in [2.05, 4.69) is 45.9 Å². The van der Waals surface area contributed by atoms with Crippen molar-refractivity contribution in [1.29, 1.82) is 0 Å². The lowest BCUT2D eigenvalue weighted by Gasteiger charge is -2.31. The molecule has 1 aromatic rings. The van der Waals surface area contributed by atoms with Crippen LogP contribution in [0.3, 0.4) is 0 Å². The average molecular weight is 347 g/mol. The summed E-state index contributed by atoms with van der Waals surface area (Å²) in [6.45, 7) is 8.87. The lowest BCUT2D eigenvalue weighted by molar-refractivity contribution is -0.0180. The molecule has 1 heterocycles. The Morgan fingerprint density at radius 3 is 2.68 bits per heavy atom. The largest absolute Gasteiger partial charge is 0.454 e. The van der Waals surface area contributed by atoms with Crippen molar-refractivity contribution in [3.05, 3.63) is 35.4 Å². The number of aliphatic hydroxyl groups is 1.